The highest BCUT2D eigenvalue weighted by atomic mass is 19.4. The molecule has 1 aromatic carbocycles. The minimum absolute atomic E-state index is 0.0316. The van der Waals surface area contributed by atoms with E-state index in [1.54, 1.807) is 6.07 Å². The molecule has 0 saturated heterocycles. The first-order chi connectivity index (χ1) is 16.1. The van der Waals surface area contributed by atoms with Gasteiger partial charge in [0.15, 0.2) is 5.69 Å². The van der Waals surface area contributed by atoms with Crippen molar-refractivity contribution in [1.82, 2.24) is 24.9 Å². The first-order valence-electron chi connectivity index (χ1n) is 10.1. The highest BCUT2D eigenvalue weighted by Crippen LogP contribution is 2.23. The van der Waals surface area contributed by atoms with Crippen LogP contribution in [0.2, 0.25) is 0 Å². The summed E-state index contributed by atoms with van der Waals surface area (Å²) in [6, 6.07) is 7.67. The summed E-state index contributed by atoms with van der Waals surface area (Å²) in [4.78, 5) is 35.0. The molecule has 180 valence electrons. The normalized spacial score (nSPS) is 11.3. The lowest BCUT2D eigenvalue weighted by atomic mass is 10.2. The van der Waals surface area contributed by atoms with Crippen LogP contribution >= 0.6 is 0 Å². The fourth-order valence-corrected chi connectivity index (χ4v) is 3.02. The average molecular weight is 479 g/mol. The van der Waals surface area contributed by atoms with Crippen LogP contribution in [0.25, 0.3) is 0 Å². The number of carboxylic acids is 1. The minimum Gasteiger partial charge on any atom is -0.478 e. The summed E-state index contributed by atoms with van der Waals surface area (Å²) in [6.45, 7) is 0.785. The third-order valence-corrected chi connectivity index (χ3v) is 4.64. The van der Waals surface area contributed by atoms with E-state index in [0.717, 1.165) is 12.1 Å². The highest BCUT2D eigenvalue weighted by Gasteiger charge is 2.31. The van der Waals surface area contributed by atoms with Gasteiger partial charge >= 0.3 is 12.3 Å². The van der Waals surface area contributed by atoms with Crippen molar-refractivity contribution < 1.29 is 32.6 Å². The standard InChI is InChI=1S/C21H20F3N5O5/c22-21(23,24)34-16-5-3-4-14(10-16)12-25-19(31)17-13-29(27-26-17)8-2-1-7-28-9-6-15(20(32)33)11-18(28)30/h3-6,9-11,13H,1-2,7-8,12H2,(H,25,31)(H,32,33). The fraction of sp³-hybridized carbons (Fsp3) is 0.286. The van der Waals surface area contributed by atoms with Crippen LogP contribution in [0.3, 0.4) is 0 Å². The van der Waals surface area contributed by atoms with Crippen molar-refractivity contribution in [3.63, 3.8) is 0 Å². The van der Waals surface area contributed by atoms with Gasteiger partial charge in [-0.05, 0) is 36.6 Å². The smallest absolute Gasteiger partial charge is 0.478 e. The van der Waals surface area contributed by atoms with Gasteiger partial charge in [0, 0.05) is 31.9 Å². The van der Waals surface area contributed by atoms with Crippen LogP contribution < -0.4 is 15.6 Å². The molecule has 0 aliphatic carbocycles. The predicted octanol–water partition coefficient (Wildman–Crippen LogP) is 2.45. The first kappa shape index (κ1) is 24.5. The molecule has 0 atom stereocenters. The summed E-state index contributed by atoms with van der Waals surface area (Å²) >= 11 is 0. The molecular formula is C21H20F3N5O5. The zero-order valence-electron chi connectivity index (χ0n) is 17.7. The predicted molar refractivity (Wildman–Crippen MR) is 111 cm³/mol. The lowest BCUT2D eigenvalue weighted by molar-refractivity contribution is -0.274. The second-order valence-electron chi connectivity index (χ2n) is 7.20. The Balaban J connectivity index is 1.45. The third-order valence-electron chi connectivity index (χ3n) is 4.64. The second-order valence-corrected chi connectivity index (χ2v) is 7.20. The molecule has 0 bridgehead atoms. The molecule has 13 heteroatoms. The van der Waals surface area contributed by atoms with Crippen LogP contribution in [0.5, 0.6) is 5.75 Å². The molecule has 34 heavy (non-hydrogen) atoms. The maximum Gasteiger partial charge on any atom is 0.573 e. The summed E-state index contributed by atoms with van der Waals surface area (Å²) < 4.78 is 43.7. The molecule has 0 aliphatic rings. The van der Waals surface area contributed by atoms with Gasteiger partial charge in [-0.25, -0.2) is 4.79 Å². The number of alkyl halides is 3. The molecule has 3 aromatic rings. The molecule has 2 aromatic heterocycles. The zero-order valence-corrected chi connectivity index (χ0v) is 17.7. The van der Waals surface area contributed by atoms with Crippen molar-refractivity contribution in [3.05, 3.63) is 76.0 Å². The third kappa shape index (κ3) is 7.18. The Morgan fingerprint density at radius 3 is 2.59 bits per heavy atom. The van der Waals surface area contributed by atoms with E-state index in [0.29, 0.717) is 31.5 Å². The van der Waals surface area contributed by atoms with Gasteiger partial charge in [-0.2, -0.15) is 0 Å². The van der Waals surface area contributed by atoms with E-state index in [-0.39, 0.29) is 23.6 Å². The molecule has 0 spiro atoms. The molecule has 2 heterocycles. The summed E-state index contributed by atoms with van der Waals surface area (Å²) in [5, 5.41) is 19.1. The van der Waals surface area contributed by atoms with Crippen LogP contribution in [0.4, 0.5) is 13.2 Å². The minimum atomic E-state index is -4.80. The van der Waals surface area contributed by atoms with Crippen LogP contribution in [0, 0.1) is 0 Å². The van der Waals surface area contributed by atoms with Crippen molar-refractivity contribution >= 4 is 11.9 Å². The van der Waals surface area contributed by atoms with E-state index in [2.05, 4.69) is 20.4 Å². The molecule has 0 radical (unpaired) electrons. The Kier molecular flexibility index (Phi) is 7.66. The largest absolute Gasteiger partial charge is 0.573 e. The van der Waals surface area contributed by atoms with E-state index in [1.165, 1.54) is 39.8 Å². The number of benzene rings is 1. The van der Waals surface area contributed by atoms with Gasteiger partial charge in [0.25, 0.3) is 11.5 Å². The van der Waals surface area contributed by atoms with Crippen molar-refractivity contribution in [1.29, 1.82) is 0 Å². The number of aromatic carboxylic acids is 1. The zero-order chi connectivity index (χ0) is 24.7. The molecule has 2 N–H and O–H groups in total. The number of rotatable bonds is 10. The second kappa shape index (κ2) is 10.6. The maximum atomic E-state index is 12.3. The number of pyridine rings is 1. The van der Waals surface area contributed by atoms with Crippen LogP contribution in [0.1, 0.15) is 39.3 Å². The summed E-state index contributed by atoms with van der Waals surface area (Å²) in [5.41, 5.74) is -0.0237. The number of carbonyl (C=O) groups excluding carboxylic acids is 1. The van der Waals surface area contributed by atoms with Crippen molar-refractivity contribution in [2.24, 2.45) is 0 Å². The molecule has 0 saturated carbocycles. The van der Waals surface area contributed by atoms with Gasteiger partial charge in [-0.3, -0.25) is 14.3 Å². The van der Waals surface area contributed by atoms with E-state index >= 15 is 0 Å². The lowest BCUT2D eigenvalue weighted by Crippen LogP contribution is -2.23. The van der Waals surface area contributed by atoms with Crippen LogP contribution in [0.15, 0.2) is 53.6 Å². The number of hydrogen-bond acceptors (Lipinski definition) is 6. The van der Waals surface area contributed by atoms with Gasteiger partial charge in [-0.15, -0.1) is 18.3 Å². The van der Waals surface area contributed by atoms with Crippen molar-refractivity contribution in [2.45, 2.75) is 38.8 Å². The molecule has 0 aliphatic heterocycles. The van der Waals surface area contributed by atoms with Gasteiger partial charge in [-0.1, -0.05) is 17.3 Å². The SMILES string of the molecule is O=C(O)c1ccn(CCCCn2cc(C(=O)NCc3cccc(OC(F)(F)F)c3)nn2)c(=O)c1. The number of hydrogen-bond donors (Lipinski definition) is 2. The number of carbonyl (C=O) groups is 2. The number of halogens is 3. The summed E-state index contributed by atoms with van der Waals surface area (Å²) in [6.07, 6.45) is -0.726. The van der Waals surface area contributed by atoms with Crippen molar-refractivity contribution in [3.8, 4) is 5.75 Å². The molecule has 3 rings (SSSR count). The quantitative estimate of drug-likeness (QED) is 0.428. The van der Waals surface area contributed by atoms with Gasteiger partial charge in [0.2, 0.25) is 0 Å². The van der Waals surface area contributed by atoms with E-state index < -0.39 is 23.8 Å². The van der Waals surface area contributed by atoms with Crippen LogP contribution in [-0.4, -0.2) is 42.9 Å². The van der Waals surface area contributed by atoms with Crippen molar-refractivity contribution in [2.75, 3.05) is 0 Å². The number of carboxylic acid groups (broad SMARTS) is 1. The van der Waals surface area contributed by atoms with E-state index in [4.69, 9.17) is 5.11 Å². The molecule has 0 unspecified atom stereocenters. The number of amides is 1. The van der Waals surface area contributed by atoms with Gasteiger partial charge in [0.05, 0.1) is 11.8 Å². The number of unbranched alkanes of at least 4 members (excludes halogenated alkanes) is 1. The molecule has 1 amide bonds. The molecule has 10 nitrogen and oxygen atoms in total. The topological polar surface area (TPSA) is 128 Å². The number of nitrogens with one attached hydrogen (secondary N) is 1. The molecular weight excluding hydrogens is 459 g/mol. The van der Waals surface area contributed by atoms with E-state index in [1.807, 2.05) is 0 Å². The fourth-order valence-electron chi connectivity index (χ4n) is 3.02. The Morgan fingerprint density at radius 2 is 1.88 bits per heavy atom. The number of aromatic nitrogens is 4. The number of ether oxygens (including phenoxy) is 1. The van der Waals surface area contributed by atoms with Gasteiger partial charge < -0.3 is 19.7 Å². The van der Waals surface area contributed by atoms with E-state index in [9.17, 15) is 27.6 Å². The number of aryl methyl sites for hydroxylation is 2. The van der Waals surface area contributed by atoms with Crippen LogP contribution in [-0.2, 0) is 19.6 Å². The monoisotopic (exact) mass is 479 g/mol. The lowest BCUT2D eigenvalue weighted by Gasteiger charge is -2.10. The maximum absolute atomic E-state index is 12.3. The first-order valence-corrected chi connectivity index (χ1v) is 10.1. The highest BCUT2D eigenvalue weighted by molar-refractivity contribution is 5.91. The Bertz CT molecular complexity index is 1220. The van der Waals surface area contributed by atoms with Gasteiger partial charge in [0.1, 0.15) is 5.75 Å². The Labute approximate surface area is 190 Å². The average Bonchev–Trinajstić information content (AvgIpc) is 3.24. The summed E-state index contributed by atoms with van der Waals surface area (Å²) in [5.74, 6) is -2.09. The molecule has 0 fully saturated rings. The number of nitrogens with zero attached hydrogens (tertiary/aromatic N) is 4. The Hall–Kier alpha value is -4.16. The Morgan fingerprint density at radius 1 is 1.12 bits per heavy atom. The summed E-state index contributed by atoms with van der Waals surface area (Å²) in [7, 11) is 0.